The third kappa shape index (κ3) is 5.25. The molecule has 0 saturated heterocycles. The first-order valence-electron chi connectivity index (χ1n) is 5.97. The zero-order valence-electron chi connectivity index (χ0n) is 10.6. The van der Waals surface area contributed by atoms with Gasteiger partial charge < -0.3 is 10.6 Å². The van der Waals surface area contributed by atoms with E-state index in [-0.39, 0.29) is 18.4 Å². The van der Waals surface area contributed by atoms with Crippen molar-refractivity contribution in [2.24, 2.45) is 0 Å². The molecular formula is C13H18Cl2N2O. The number of likely N-dealkylation sites (N-methyl/N-ethyl adjacent to an activating group) is 1. The van der Waals surface area contributed by atoms with Crippen LogP contribution in [-0.4, -0.2) is 25.0 Å². The molecule has 1 amide bonds. The molecule has 0 heterocycles. The Balaban J connectivity index is 2.44. The second kappa shape index (κ2) is 7.62. The number of nitrogens with one attached hydrogen (secondary N) is 2. The van der Waals surface area contributed by atoms with E-state index in [1.807, 2.05) is 13.8 Å². The van der Waals surface area contributed by atoms with Gasteiger partial charge in [-0.25, -0.2) is 0 Å². The van der Waals surface area contributed by atoms with Crippen molar-refractivity contribution in [3.63, 3.8) is 0 Å². The molecule has 0 radical (unpaired) electrons. The molecular weight excluding hydrogens is 271 g/mol. The Morgan fingerprint density at radius 2 is 2.11 bits per heavy atom. The SMILES string of the molecule is CCN[C@H](C)CNC(=O)Cc1ccc(Cl)cc1Cl. The monoisotopic (exact) mass is 288 g/mol. The fourth-order valence-electron chi connectivity index (χ4n) is 1.59. The van der Waals surface area contributed by atoms with Crippen LogP contribution in [-0.2, 0) is 11.2 Å². The molecule has 1 atom stereocenters. The van der Waals surface area contributed by atoms with Crippen LogP contribution in [0.15, 0.2) is 18.2 Å². The Kier molecular flexibility index (Phi) is 6.47. The highest BCUT2D eigenvalue weighted by atomic mass is 35.5. The fourth-order valence-corrected chi connectivity index (χ4v) is 2.06. The van der Waals surface area contributed by atoms with E-state index in [4.69, 9.17) is 23.2 Å². The van der Waals surface area contributed by atoms with Crippen LogP contribution in [0.2, 0.25) is 10.0 Å². The van der Waals surface area contributed by atoms with Crippen LogP contribution >= 0.6 is 23.2 Å². The number of hydrogen-bond donors (Lipinski definition) is 2. The maximum atomic E-state index is 11.7. The molecule has 0 bridgehead atoms. The lowest BCUT2D eigenvalue weighted by Crippen LogP contribution is -2.39. The second-order valence-corrected chi connectivity index (χ2v) is 5.02. The number of amides is 1. The van der Waals surface area contributed by atoms with Gasteiger partial charge in [0.05, 0.1) is 6.42 Å². The summed E-state index contributed by atoms with van der Waals surface area (Å²) in [6.45, 7) is 5.56. The summed E-state index contributed by atoms with van der Waals surface area (Å²) < 4.78 is 0. The van der Waals surface area contributed by atoms with Gasteiger partial charge in [0.2, 0.25) is 5.91 Å². The van der Waals surface area contributed by atoms with E-state index in [1.165, 1.54) is 0 Å². The largest absolute Gasteiger partial charge is 0.354 e. The van der Waals surface area contributed by atoms with Crippen LogP contribution in [0.4, 0.5) is 0 Å². The average Bonchev–Trinajstić information content (AvgIpc) is 2.31. The normalized spacial score (nSPS) is 12.2. The quantitative estimate of drug-likeness (QED) is 0.845. The Bertz CT molecular complexity index is 410. The summed E-state index contributed by atoms with van der Waals surface area (Å²) >= 11 is 11.8. The third-order valence-corrected chi connectivity index (χ3v) is 3.11. The predicted octanol–water partition coefficient (Wildman–Crippen LogP) is 2.65. The van der Waals surface area contributed by atoms with Crippen LogP contribution in [0.5, 0.6) is 0 Å². The molecule has 0 aliphatic rings. The minimum absolute atomic E-state index is 0.0380. The van der Waals surface area contributed by atoms with Crippen molar-refractivity contribution in [3.8, 4) is 0 Å². The lowest BCUT2D eigenvalue weighted by Gasteiger charge is -2.13. The summed E-state index contributed by atoms with van der Waals surface area (Å²) in [5.41, 5.74) is 0.787. The summed E-state index contributed by atoms with van der Waals surface area (Å²) in [5, 5.41) is 7.19. The molecule has 1 aromatic rings. The smallest absolute Gasteiger partial charge is 0.224 e. The molecule has 0 fully saturated rings. The van der Waals surface area contributed by atoms with Gasteiger partial charge in [0.15, 0.2) is 0 Å². The molecule has 0 saturated carbocycles. The minimum Gasteiger partial charge on any atom is -0.354 e. The molecule has 100 valence electrons. The number of carbonyl (C=O) groups excluding carboxylic acids is 1. The predicted molar refractivity (Wildman–Crippen MR) is 76.3 cm³/mol. The Morgan fingerprint density at radius 1 is 1.39 bits per heavy atom. The van der Waals surface area contributed by atoms with E-state index in [1.54, 1.807) is 18.2 Å². The first kappa shape index (κ1) is 15.3. The molecule has 3 nitrogen and oxygen atoms in total. The molecule has 0 aliphatic heterocycles. The molecule has 1 aromatic carbocycles. The van der Waals surface area contributed by atoms with Gasteiger partial charge in [-0.05, 0) is 31.2 Å². The highest BCUT2D eigenvalue weighted by molar-refractivity contribution is 6.35. The van der Waals surface area contributed by atoms with Crippen molar-refractivity contribution in [1.82, 2.24) is 10.6 Å². The number of carbonyl (C=O) groups is 1. The minimum atomic E-state index is -0.0380. The van der Waals surface area contributed by atoms with E-state index in [2.05, 4.69) is 10.6 Å². The van der Waals surface area contributed by atoms with Gasteiger partial charge in [0, 0.05) is 22.6 Å². The topological polar surface area (TPSA) is 41.1 Å². The van der Waals surface area contributed by atoms with Gasteiger partial charge in [-0.2, -0.15) is 0 Å². The maximum absolute atomic E-state index is 11.7. The summed E-state index contributed by atoms with van der Waals surface area (Å²) in [4.78, 5) is 11.7. The summed E-state index contributed by atoms with van der Waals surface area (Å²) in [5.74, 6) is -0.0380. The Hall–Kier alpha value is -0.770. The van der Waals surface area contributed by atoms with Crippen molar-refractivity contribution in [2.45, 2.75) is 26.3 Å². The van der Waals surface area contributed by atoms with Crippen molar-refractivity contribution < 1.29 is 4.79 Å². The Morgan fingerprint density at radius 3 is 2.72 bits per heavy atom. The van der Waals surface area contributed by atoms with Crippen LogP contribution in [0.25, 0.3) is 0 Å². The molecule has 2 N–H and O–H groups in total. The first-order valence-corrected chi connectivity index (χ1v) is 6.72. The van der Waals surface area contributed by atoms with Crippen molar-refractivity contribution in [2.75, 3.05) is 13.1 Å². The standard InChI is InChI=1S/C13H18Cl2N2O/c1-3-16-9(2)8-17-13(18)6-10-4-5-11(14)7-12(10)15/h4-5,7,9,16H,3,6,8H2,1-2H3,(H,17,18)/t9-/m1/s1. The van der Waals surface area contributed by atoms with Gasteiger partial charge in [-0.1, -0.05) is 36.2 Å². The van der Waals surface area contributed by atoms with E-state index >= 15 is 0 Å². The molecule has 0 aromatic heterocycles. The van der Waals surface area contributed by atoms with Gasteiger partial charge in [0.25, 0.3) is 0 Å². The van der Waals surface area contributed by atoms with Gasteiger partial charge in [-0.3, -0.25) is 4.79 Å². The van der Waals surface area contributed by atoms with Crippen molar-refractivity contribution >= 4 is 29.1 Å². The summed E-state index contributed by atoms with van der Waals surface area (Å²) in [7, 11) is 0. The van der Waals surface area contributed by atoms with Crippen LogP contribution in [0.3, 0.4) is 0 Å². The molecule has 0 unspecified atom stereocenters. The average molecular weight is 289 g/mol. The van der Waals surface area contributed by atoms with Crippen LogP contribution in [0.1, 0.15) is 19.4 Å². The molecule has 0 aliphatic carbocycles. The van der Waals surface area contributed by atoms with E-state index in [9.17, 15) is 4.79 Å². The first-order chi connectivity index (χ1) is 8.52. The maximum Gasteiger partial charge on any atom is 0.224 e. The second-order valence-electron chi connectivity index (χ2n) is 4.18. The summed E-state index contributed by atoms with van der Waals surface area (Å²) in [6, 6.07) is 5.42. The highest BCUT2D eigenvalue weighted by Gasteiger charge is 2.08. The van der Waals surface area contributed by atoms with E-state index in [0.29, 0.717) is 16.6 Å². The molecule has 1 rings (SSSR count). The highest BCUT2D eigenvalue weighted by Crippen LogP contribution is 2.21. The lowest BCUT2D eigenvalue weighted by atomic mass is 10.1. The molecule has 0 spiro atoms. The number of halogens is 2. The summed E-state index contributed by atoms with van der Waals surface area (Å²) in [6.07, 6.45) is 0.273. The molecule has 5 heteroatoms. The zero-order chi connectivity index (χ0) is 13.5. The number of rotatable bonds is 6. The fraction of sp³-hybridized carbons (Fsp3) is 0.462. The van der Waals surface area contributed by atoms with Crippen molar-refractivity contribution in [1.29, 1.82) is 0 Å². The van der Waals surface area contributed by atoms with Crippen LogP contribution in [0, 0.1) is 0 Å². The Labute approximate surface area is 118 Å². The molecule has 18 heavy (non-hydrogen) atoms. The van der Waals surface area contributed by atoms with E-state index < -0.39 is 0 Å². The zero-order valence-corrected chi connectivity index (χ0v) is 12.1. The number of hydrogen-bond acceptors (Lipinski definition) is 2. The lowest BCUT2D eigenvalue weighted by molar-refractivity contribution is -0.120. The van der Waals surface area contributed by atoms with Gasteiger partial charge in [0.1, 0.15) is 0 Å². The van der Waals surface area contributed by atoms with Gasteiger partial charge in [-0.15, -0.1) is 0 Å². The van der Waals surface area contributed by atoms with E-state index in [0.717, 1.165) is 12.1 Å². The number of benzene rings is 1. The van der Waals surface area contributed by atoms with Gasteiger partial charge >= 0.3 is 0 Å². The van der Waals surface area contributed by atoms with Crippen LogP contribution < -0.4 is 10.6 Å². The third-order valence-electron chi connectivity index (χ3n) is 2.52. The van der Waals surface area contributed by atoms with Crippen molar-refractivity contribution in [3.05, 3.63) is 33.8 Å².